The van der Waals surface area contributed by atoms with Gasteiger partial charge in [-0.1, -0.05) is 24.3 Å². The second-order valence-corrected chi connectivity index (χ2v) is 8.93. The molecular weight excluding hydrogens is 372 g/mol. The molecule has 1 aromatic carbocycles. The fourth-order valence-electron chi connectivity index (χ4n) is 3.02. The highest BCUT2D eigenvalue weighted by Gasteiger charge is 2.31. The molecule has 0 spiro atoms. The van der Waals surface area contributed by atoms with E-state index in [0.29, 0.717) is 26.2 Å². The highest BCUT2D eigenvalue weighted by molar-refractivity contribution is 7.89. The predicted molar refractivity (Wildman–Crippen MR) is 101 cm³/mol. The maximum Gasteiger partial charge on any atom is 0.263 e. The smallest absolute Gasteiger partial charge is 0.263 e. The summed E-state index contributed by atoms with van der Waals surface area (Å²) in [6, 6.07) is 9.20. The first-order valence-corrected chi connectivity index (χ1v) is 10.8. The van der Waals surface area contributed by atoms with Gasteiger partial charge < -0.3 is 10.1 Å². The number of benzene rings is 1. The Kier molecular flexibility index (Phi) is 6.08. The first kappa shape index (κ1) is 19.0. The zero-order valence-corrected chi connectivity index (χ0v) is 16.2. The van der Waals surface area contributed by atoms with E-state index in [0.717, 1.165) is 35.3 Å². The zero-order chi connectivity index (χ0) is 18.6. The number of rotatable bonds is 7. The molecule has 1 aromatic heterocycles. The largest absolute Gasteiger partial charge is 0.380 e. The molecular formula is C18H22N2O4S2. The van der Waals surface area contributed by atoms with Crippen LogP contribution in [0.25, 0.3) is 0 Å². The van der Waals surface area contributed by atoms with Crippen molar-refractivity contribution in [3.63, 3.8) is 0 Å². The number of methoxy groups -OCH3 is 1. The maximum atomic E-state index is 12.8. The molecule has 1 amide bonds. The molecule has 1 saturated heterocycles. The van der Waals surface area contributed by atoms with Crippen LogP contribution >= 0.6 is 11.3 Å². The van der Waals surface area contributed by atoms with Crippen molar-refractivity contribution in [3.8, 4) is 0 Å². The summed E-state index contributed by atoms with van der Waals surface area (Å²) < 4.78 is 32.2. The standard InChI is InChI=1S/C18H22N2O4S2/c1-24-13-15-7-3-2-6-14(15)12-19-18(21)17-16(8-11-25-17)26(22,23)20-9-4-5-10-20/h2-3,6-8,11H,4-5,9-10,12-13H2,1H3,(H,19,21). The zero-order valence-electron chi connectivity index (χ0n) is 14.6. The van der Waals surface area contributed by atoms with Gasteiger partial charge in [-0.15, -0.1) is 11.3 Å². The molecule has 2 heterocycles. The normalized spacial score (nSPS) is 15.3. The van der Waals surface area contributed by atoms with Crippen LogP contribution in [0.3, 0.4) is 0 Å². The lowest BCUT2D eigenvalue weighted by molar-refractivity contribution is 0.0951. The Balaban J connectivity index is 1.75. The molecule has 1 aliphatic heterocycles. The fourth-order valence-corrected chi connectivity index (χ4v) is 5.85. The molecule has 6 nitrogen and oxygen atoms in total. The van der Waals surface area contributed by atoms with Crippen LogP contribution < -0.4 is 5.32 Å². The molecule has 1 aliphatic rings. The molecule has 0 saturated carbocycles. The molecule has 0 aliphatic carbocycles. The molecule has 8 heteroatoms. The number of hydrogen-bond donors (Lipinski definition) is 1. The van der Waals surface area contributed by atoms with E-state index >= 15 is 0 Å². The SMILES string of the molecule is COCc1ccccc1CNC(=O)c1sccc1S(=O)(=O)N1CCCC1. The summed E-state index contributed by atoms with van der Waals surface area (Å²) in [5.74, 6) is -0.370. The Morgan fingerprint density at radius 1 is 1.19 bits per heavy atom. The summed E-state index contributed by atoms with van der Waals surface area (Å²) in [5.41, 5.74) is 1.94. The first-order chi connectivity index (χ1) is 12.5. The average molecular weight is 395 g/mol. The van der Waals surface area contributed by atoms with E-state index in [1.165, 1.54) is 10.4 Å². The van der Waals surface area contributed by atoms with Crippen molar-refractivity contribution in [1.82, 2.24) is 9.62 Å². The van der Waals surface area contributed by atoms with Gasteiger partial charge >= 0.3 is 0 Å². The minimum Gasteiger partial charge on any atom is -0.380 e. The van der Waals surface area contributed by atoms with Crippen molar-refractivity contribution < 1.29 is 17.9 Å². The van der Waals surface area contributed by atoms with Gasteiger partial charge in [-0.2, -0.15) is 4.31 Å². The van der Waals surface area contributed by atoms with Crippen molar-refractivity contribution in [2.24, 2.45) is 0 Å². The Morgan fingerprint density at radius 3 is 2.58 bits per heavy atom. The lowest BCUT2D eigenvalue weighted by Gasteiger charge is -2.16. The molecule has 0 bridgehead atoms. The number of ether oxygens (including phenoxy) is 1. The molecule has 26 heavy (non-hydrogen) atoms. The van der Waals surface area contributed by atoms with E-state index in [-0.39, 0.29) is 15.7 Å². The third-order valence-corrected chi connectivity index (χ3v) is 7.36. The quantitative estimate of drug-likeness (QED) is 0.783. The van der Waals surface area contributed by atoms with Crippen LogP contribution in [-0.2, 0) is 27.9 Å². The number of carbonyl (C=O) groups is 1. The predicted octanol–water partition coefficient (Wildman–Crippen LogP) is 2.61. The van der Waals surface area contributed by atoms with E-state index in [1.807, 2.05) is 24.3 Å². The van der Waals surface area contributed by atoms with Crippen molar-refractivity contribution >= 4 is 27.3 Å². The van der Waals surface area contributed by atoms with E-state index in [4.69, 9.17) is 4.74 Å². The van der Waals surface area contributed by atoms with Crippen molar-refractivity contribution in [3.05, 3.63) is 51.7 Å². The molecule has 0 radical (unpaired) electrons. The first-order valence-electron chi connectivity index (χ1n) is 8.45. The third kappa shape index (κ3) is 3.98. The van der Waals surface area contributed by atoms with Crippen molar-refractivity contribution in [2.75, 3.05) is 20.2 Å². The summed E-state index contributed by atoms with van der Waals surface area (Å²) in [6.45, 7) is 1.81. The summed E-state index contributed by atoms with van der Waals surface area (Å²) >= 11 is 1.15. The maximum absolute atomic E-state index is 12.8. The minimum absolute atomic E-state index is 0.104. The molecule has 2 aromatic rings. The number of nitrogens with one attached hydrogen (secondary N) is 1. The molecule has 0 unspecified atom stereocenters. The van der Waals surface area contributed by atoms with Crippen LogP contribution in [0, 0.1) is 0 Å². The summed E-state index contributed by atoms with van der Waals surface area (Å²) in [5, 5.41) is 4.49. The lowest BCUT2D eigenvalue weighted by atomic mass is 10.1. The second kappa shape index (κ2) is 8.30. The number of amides is 1. The molecule has 1 fully saturated rings. The number of nitrogens with zero attached hydrogens (tertiary/aromatic N) is 1. The third-order valence-electron chi connectivity index (χ3n) is 4.38. The topological polar surface area (TPSA) is 75.7 Å². The number of hydrogen-bond acceptors (Lipinski definition) is 5. The minimum atomic E-state index is -3.61. The second-order valence-electron chi connectivity index (χ2n) is 6.11. The van der Waals surface area contributed by atoms with Crippen LogP contribution in [0.5, 0.6) is 0 Å². The summed E-state index contributed by atoms with van der Waals surface area (Å²) in [6.07, 6.45) is 1.72. The monoisotopic (exact) mass is 394 g/mol. The fraction of sp³-hybridized carbons (Fsp3) is 0.389. The van der Waals surface area contributed by atoms with Gasteiger partial charge in [-0.3, -0.25) is 4.79 Å². The Labute approximate surface area is 157 Å². The Hall–Kier alpha value is -1.74. The van der Waals surface area contributed by atoms with Gasteiger partial charge in [0.25, 0.3) is 5.91 Å². The lowest BCUT2D eigenvalue weighted by Crippen LogP contribution is -2.30. The van der Waals surface area contributed by atoms with Gasteiger partial charge in [0.15, 0.2) is 0 Å². The Bertz CT molecular complexity index is 871. The van der Waals surface area contributed by atoms with Crippen LogP contribution in [0.1, 0.15) is 33.6 Å². The van der Waals surface area contributed by atoms with Gasteiger partial charge in [0.1, 0.15) is 9.77 Å². The van der Waals surface area contributed by atoms with Gasteiger partial charge in [0.05, 0.1) is 6.61 Å². The van der Waals surface area contributed by atoms with Crippen molar-refractivity contribution in [2.45, 2.75) is 30.9 Å². The number of carbonyl (C=O) groups excluding carboxylic acids is 1. The van der Waals surface area contributed by atoms with Crippen molar-refractivity contribution in [1.29, 1.82) is 0 Å². The number of thiophene rings is 1. The van der Waals surface area contributed by atoms with E-state index in [9.17, 15) is 13.2 Å². The highest BCUT2D eigenvalue weighted by atomic mass is 32.2. The van der Waals surface area contributed by atoms with Gasteiger partial charge in [-0.05, 0) is 35.4 Å². The summed E-state index contributed by atoms with van der Waals surface area (Å²) in [4.78, 5) is 13.0. The average Bonchev–Trinajstić information content (AvgIpc) is 3.33. The van der Waals surface area contributed by atoms with Gasteiger partial charge in [-0.25, -0.2) is 8.42 Å². The molecule has 140 valence electrons. The van der Waals surface area contributed by atoms with Gasteiger partial charge in [0, 0.05) is 26.7 Å². The molecule has 0 atom stereocenters. The summed E-state index contributed by atoms with van der Waals surface area (Å²) in [7, 11) is -1.99. The van der Waals surface area contributed by atoms with Crippen LogP contribution in [0.15, 0.2) is 40.6 Å². The van der Waals surface area contributed by atoms with Crippen LogP contribution in [0.2, 0.25) is 0 Å². The number of sulfonamides is 1. The molecule has 3 rings (SSSR count). The van der Waals surface area contributed by atoms with E-state index in [1.54, 1.807) is 12.5 Å². The van der Waals surface area contributed by atoms with E-state index < -0.39 is 10.0 Å². The highest BCUT2D eigenvalue weighted by Crippen LogP contribution is 2.27. The van der Waals surface area contributed by atoms with Gasteiger partial charge in [0.2, 0.25) is 10.0 Å². The Morgan fingerprint density at radius 2 is 1.88 bits per heavy atom. The molecule has 1 N–H and O–H groups in total. The van der Waals surface area contributed by atoms with E-state index in [2.05, 4.69) is 5.32 Å². The van der Waals surface area contributed by atoms with Crippen LogP contribution in [-0.4, -0.2) is 38.8 Å². The van der Waals surface area contributed by atoms with Crippen LogP contribution in [0.4, 0.5) is 0 Å².